The number of rotatable bonds is 1. The summed E-state index contributed by atoms with van der Waals surface area (Å²) in [5, 5.41) is 0.309. The van der Waals surface area contributed by atoms with Crippen molar-refractivity contribution in [3.63, 3.8) is 0 Å². The molecular formula is C7H6Cl2N2O2. The maximum atomic E-state index is 11.0. The lowest BCUT2D eigenvalue weighted by molar-refractivity contribution is 0.0594. The summed E-state index contributed by atoms with van der Waals surface area (Å²) >= 11 is 11.3. The third-order valence-electron chi connectivity index (χ3n) is 1.33. The lowest BCUT2D eigenvalue weighted by atomic mass is 10.3. The summed E-state index contributed by atoms with van der Waals surface area (Å²) in [5.74, 6) is -0.597. The van der Waals surface area contributed by atoms with E-state index in [2.05, 4.69) is 9.72 Å². The van der Waals surface area contributed by atoms with Crippen LogP contribution in [0.15, 0.2) is 6.07 Å². The third-order valence-corrected chi connectivity index (χ3v) is 2.13. The van der Waals surface area contributed by atoms with Gasteiger partial charge in [0.2, 0.25) is 0 Å². The van der Waals surface area contributed by atoms with E-state index in [0.717, 1.165) is 0 Å². The minimum Gasteiger partial charge on any atom is -0.464 e. The van der Waals surface area contributed by atoms with Crippen molar-refractivity contribution >= 4 is 35.0 Å². The predicted octanol–water partition coefficient (Wildman–Crippen LogP) is 1.76. The number of carbonyl (C=O) groups excluding carboxylic acids is 1. The number of ether oxygens (including phenoxy) is 1. The van der Waals surface area contributed by atoms with Gasteiger partial charge in [-0.2, -0.15) is 0 Å². The van der Waals surface area contributed by atoms with Crippen LogP contribution in [0.25, 0.3) is 0 Å². The number of aromatic nitrogens is 1. The highest BCUT2D eigenvalue weighted by Crippen LogP contribution is 2.26. The molecule has 0 bridgehead atoms. The van der Waals surface area contributed by atoms with E-state index in [1.807, 2.05) is 0 Å². The first-order valence-corrected chi connectivity index (χ1v) is 4.01. The monoisotopic (exact) mass is 220 g/mol. The molecule has 0 amide bonds. The number of pyridine rings is 1. The van der Waals surface area contributed by atoms with Gasteiger partial charge in [-0.15, -0.1) is 0 Å². The maximum Gasteiger partial charge on any atom is 0.356 e. The minimum atomic E-state index is -0.606. The zero-order chi connectivity index (χ0) is 10.0. The Hall–Kier alpha value is -1.00. The molecule has 1 aromatic heterocycles. The Bertz CT molecular complexity index is 331. The van der Waals surface area contributed by atoms with Gasteiger partial charge in [0, 0.05) is 0 Å². The van der Waals surface area contributed by atoms with Crippen LogP contribution < -0.4 is 5.73 Å². The zero-order valence-electron chi connectivity index (χ0n) is 6.67. The van der Waals surface area contributed by atoms with Crippen molar-refractivity contribution in [3.05, 3.63) is 21.8 Å². The number of methoxy groups -OCH3 is 1. The molecule has 0 fully saturated rings. The fourth-order valence-corrected chi connectivity index (χ4v) is 1.02. The molecule has 4 nitrogen and oxygen atoms in total. The summed E-state index contributed by atoms with van der Waals surface area (Å²) in [6.45, 7) is 0. The van der Waals surface area contributed by atoms with Crippen LogP contribution in [-0.4, -0.2) is 18.1 Å². The van der Waals surface area contributed by atoms with Crippen LogP contribution in [0.2, 0.25) is 10.0 Å². The molecule has 1 rings (SSSR count). The highest BCUT2D eigenvalue weighted by molar-refractivity contribution is 6.43. The Labute approximate surface area is 84.6 Å². The Morgan fingerprint density at radius 3 is 2.69 bits per heavy atom. The van der Waals surface area contributed by atoms with Crippen molar-refractivity contribution in [1.82, 2.24) is 4.98 Å². The molecule has 0 aliphatic rings. The van der Waals surface area contributed by atoms with Gasteiger partial charge in [-0.25, -0.2) is 9.78 Å². The summed E-state index contributed by atoms with van der Waals surface area (Å²) in [6.07, 6.45) is 0. The van der Waals surface area contributed by atoms with Crippen LogP contribution in [-0.2, 0) is 4.74 Å². The molecule has 0 aromatic carbocycles. The van der Waals surface area contributed by atoms with Gasteiger partial charge in [0.25, 0.3) is 0 Å². The van der Waals surface area contributed by atoms with Crippen molar-refractivity contribution in [2.45, 2.75) is 0 Å². The maximum absolute atomic E-state index is 11.0. The lowest BCUT2D eigenvalue weighted by Gasteiger charge is -2.02. The predicted molar refractivity (Wildman–Crippen MR) is 50.0 cm³/mol. The van der Waals surface area contributed by atoms with Crippen molar-refractivity contribution in [1.29, 1.82) is 0 Å². The van der Waals surface area contributed by atoms with Gasteiger partial charge in [-0.3, -0.25) is 0 Å². The van der Waals surface area contributed by atoms with Crippen LogP contribution in [0, 0.1) is 0 Å². The first-order chi connectivity index (χ1) is 6.06. The summed E-state index contributed by atoms with van der Waals surface area (Å²) in [5.41, 5.74) is 5.42. The minimum absolute atomic E-state index is 0.00886. The number of anilines is 1. The molecule has 0 saturated carbocycles. The molecular weight excluding hydrogens is 215 g/mol. The summed E-state index contributed by atoms with van der Waals surface area (Å²) in [4.78, 5) is 14.7. The number of nitrogens with zero attached hydrogens (tertiary/aromatic N) is 1. The molecule has 6 heteroatoms. The molecule has 1 aromatic rings. The zero-order valence-corrected chi connectivity index (χ0v) is 8.19. The van der Waals surface area contributed by atoms with Gasteiger partial charge in [0.1, 0.15) is 10.8 Å². The van der Waals surface area contributed by atoms with E-state index in [9.17, 15) is 4.79 Å². The van der Waals surface area contributed by atoms with Gasteiger partial charge >= 0.3 is 5.97 Å². The van der Waals surface area contributed by atoms with Gasteiger partial charge < -0.3 is 10.5 Å². The molecule has 0 atom stereocenters. The van der Waals surface area contributed by atoms with Gasteiger partial charge in [0.15, 0.2) is 5.69 Å². The summed E-state index contributed by atoms with van der Waals surface area (Å²) in [6, 6.07) is 1.30. The van der Waals surface area contributed by atoms with Crippen molar-refractivity contribution in [2.24, 2.45) is 0 Å². The third kappa shape index (κ3) is 2.02. The Balaban J connectivity index is 3.20. The highest BCUT2D eigenvalue weighted by atomic mass is 35.5. The lowest BCUT2D eigenvalue weighted by Crippen LogP contribution is -2.06. The number of hydrogen-bond donors (Lipinski definition) is 1. The Morgan fingerprint density at radius 1 is 1.62 bits per heavy atom. The topological polar surface area (TPSA) is 65.2 Å². The van der Waals surface area contributed by atoms with Crippen LogP contribution >= 0.6 is 23.2 Å². The SMILES string of the molecule is COC(=O)c1cc(Cl)c(Cl)c(N)n1. The second-order valence-electron chi connectivity index (χ2n) is 2.18. The van der Waals surface area contributed by atoms with E-state index in [-0.39, 0.29) is 21.6 Å². The highest BCUT2D eigenvalue weighted by Gasteiger charge is 2.12. The number of hydrogen-bond acceptors (Lipinski definition) is 4. The number of halogens is 2. The van der Waals surface area contributed by atoms with Crippen LogP contribution in [0.3, 0.4) is 0 Å². The fourth-order valence-electron chi connectivity index (χ4n) is 0.726. The molecule has 0 radical (unpaired) electrons. The normalized spacial score (nSPS) is 9.77. The standard InChI is InChI=1S/C7H6Cl2N2O2/c1-13-7(12)4-2-3(8)5(9)6(10)11-4/h2H,1H3,(H2,10,11). The first kappa shape index (κ1) is 10.1. The average molecular weight is 221 g/mol. The van der Waals surface area contributed by atoms with Gasteiger partial charge in [-0.05, 0) is 6.07 Å². The van der Waals surface area contributed by atoms with Crippen molar-refractivity contribution in [3.8, 4) is 0 Å². The first-order valence-electron chi connectivity index (χ1n) is 3.26. The molecule has 2 N–H and O–H groups in total. The van der Waals surface area contributed by atoms with E-state index in [1.165, 1.54) is 13.2 Å². The number of esters is 1. The average Bonchev–Trinajstić information content (AvgIpc) is 2.12. The van der Waals surface area contributed by atoms with E-state index in [0.29, 0.717) is 0 Å². The molecule has 0 spiro atoms. The van der Waals surface area contributed by atoms with E-state index >= 15 is 0 Å². The molecule has 0 aliphatic carbocycles. The summed E-state index contributed by atoms with van der Waals surface area (Å²) < 4.78 is 4.43. The van der Waals surface area contributed by atoms with Crippen LogP contribution in [0.4, 0.5) is 5.82 Å². The van der Waals surface area contributed by atoms with E-state index in [1.54, 1.807) is 0 Å². The number of carbonyl (C=O) groups is 1. The second-order valence-corrected chi connectivity index (χ2v) is 2.97. The summed E-state index contributed by atoms with van der Waals surface area (Å²) in [7, 11) is 1.24. The molecule has 0 unspecified atom stereocenters. The second kappa shape index (κ2) is 3.81. The molecule has 0 saturated heterocycles. The van der Waals surface area contributed by atoms with Gasteiger partial charge in [0.05, 0.1) is 12.1 Å². The van der Waals surface area contributed by atoms with E-state index in [4.69, 9.17) is 28.9 Å². The van der Waals surface area contributed by atoms with Crippen LogP contribution in [0.1, 0.15) is 10.5 Å². The molecule has 13 heavy (non-hydrogen) atoms. The fraction of sp³-hybridized carbons (Fsp3) is 0.143. The Morgan fingerprint density at radius 2 is 2.23 bits per heavy atom. The molecule has 70 valence electrons. The van der Waals surface area contributed by atoms with Crippen molar-refractivity contribution < 1.29 is 9.53 Å². The number of nitrogens with two attached hydrogens (primary N) is 1. The van der Waals surface area contributed by atoms with Crippen LogP contribution in [0.5, 0.6) is 0 Å². The Kier molecular flexibility index (Phi) is 2.95. The van der Waals surface area contributed by atoms with E-state index < -0.39 is 5.97 Å². The smallest absolute Gasteiger partial charge is 0.356 e. The molecule has 1 heterocycles. The quantitative estimate of drug-likeness (QED) is 0.733. The largest absolute Gasteiger partial charge is 0.464 e. The van der Waals surface area contributed by atoms with Gasteiger partial charge in [-0.1, -0.05) is 23.2 Å². The van der Waals surface area contributed by atoms with Crippen molar-refractivity contribution in [2.75, 3.05) is 12.8 Å². The molecule has 0 aliphatic heterocycles. The number of nitrogen functional groups attached to an aromatic ring is 1.